The number of aromatic nitrogens is 2. The average molecular weight is 271 g/mol. The first kappa shape index (κ1) is 12.9. The minimum atomic E-state index is 0.199. The van der Waals surface area contributed by atoms with E-state index in [1.54, 1.807) is 12.1 Å². The molecule has 1 aromatic heterocycles. The number of hydrogen-bond acceptors (Lipinski definition) is 5. The van der Waals surface area contributed by atoms with Gasteiger partial charge in [0.05, 0.1) is 5.69 Å². The predicted molar refractivity (Wildman–Crippen MR) is 76.3 cm³/mol. The van der Waals surface area contributed by atoms with Crippen molar-refractivity contribution in [2.24, 2.45) is 0 Å². The summed E-state index contributed by atoms with van der Waals surface area (Å²) in [5.41, 5.74) is 8.29. The molecule has 1 aliphatic heterocycles. The topological polar surface area (TPSA) is 81.3 Å². The molecule has 1 saturated heterocycles. The number of nitrogens with two attached hydrogens (primary N) is 1. The molecule has 5 nitrogen and oxygen atoms in total. The lowest BCUT2D eigenvalue weighted by Gasteiger charge is -2.23. The van der Waals surface area contributed by atoms with Gasteiger partial charge in [0, 0.05) is 24.3 Å². The molecule has 0 bridgehead atoms. The highest BCUT2D eigenvalue weighted by Crippen LogP contribution is 2.34. The third-order valence-corrected chi connectivity index (χ3v) is 3.69. The molecule has 0 aliphatic carbocycles. The molecule has 0 radical (unpaired) electrons. The van der Waals surface area contributed by atoms with Crippen LogP contribution in [-0.4, -0.2) is 28.5 Å². The fraction of sp³-hybridized carbons (Fsp3) is 0.333. The van der Waals surface area contributed by atoms with E-state index in [1.165, 1.54) is 0 Å². The molecule has 20 heavy (non-hydrogen) atoms. The lowest BCUT2D eigenvalue weighted by Crippen LogP contribution is -2.16. The Labute approximate surface area is 117 Å². The van der Waals surface area contributed by atoms with Crippen molar-refractivity contribution in [1.29, 1.82) is 0 Å². The Morgan fingerprint density at radius 1 is 1.15 bits per heavy atom. The van der Waals surface area contributed by atoms with Crippen LogP contribution in [-0.2, 0) is 4.74 Å². The first-order chi connectivity index (χ1) is 9.75. The highest BCUT2D eigenvalue weighted by atomic mass is 16.5. The maximum atomic E-state index is 9.92. The van der Waals surface area contributed by atoms with Crippen molar-refractivity contribution in [3.05, 3.63) is 35.9 Å². The lowest BCUT2D eigenvalue weighted by molar-refractivity contribution is 0.0854. The molecule has 3 N–H and O–H groups in total. The van der Waals surface area contributed by atoms with Gasteiger partial charge < -0.3 is 15.6 Å². The Kier molecular flexibility index (Phi) is 3.52. The number of benzene rings is 1. The molecule has 0 spiro atoms. The van der Waals surface area contributed by atoms with Crippen molar-refractivity contribution in [3.63, 3.8) is 0 Å². The van der Waals surface area contributed by atoms with Gasteiger partial charge in [-0.25, -0.2) is 0 Å². The number of ether oxygens (including phenoxy) is 1. The van der Waals surface area contributed by atoms with Crippen LogP contribution < -0.4 is 5.73 Å². The third-order valence-electron chi connectivity index (χ3n) is 3.69. The van der Waals surface area contributed by atoms with Gasteiger partial charge in [0.25, 0.3) is 0 Å². The maximum absolute atomic E-state index is 9.92. The number of rotatable bonds is 2. The van der Waals surface area contributed by atoms with E-state index < -0.39 is 0 Å². The van der Waals surface area contributed by atoms with Crippen LogP contribution in [0.5, 0.6) is 5.75 Å². The molecule has 2 aromatic rings. The molecule has 2 heterocycles. The monoisotopic (exact) mass is 271 g/mol. The van der Waals surface area contributed by atoms with Gasteiger partial charge in [-0.3, -0.25) is 0 Å². The van der Waals surface area contributed by atoms with Crippen LogP contribution in [0, 0.1) is 0 Å². The van der Waals surface area contributed by atoms with Gasteiger partial charge in [-0.15, -0.1) is 10.2 Å². The number of phenols is 1. The van der Waals surface area contributed by atoms with Gasteiger partial charge in [0.2, 0.25) is 0 Å². The number of para-hydroxylation sites is 1. The van der Waals surface area contributed by atoms with E-state index in [-0.39, 0.29) is 5.75 Å². The third kappa shape index (κ3) is 2.44. The fourth-order valence-corrected chi connectivity index (χ4v) is 2.57. The number of phenolic OH excluding ortho intramolecular Hbond substituents is 1. The zero-order valence-corrected chi connectivity index (χ0v) is 11.1. The molecule has 5 heteroatoms. The van der Waals surface area contributed by atoms with Crippen molar-refractivity contribution < 1.29 is 9.84 Å². The van der Waals surface area contributed by atoms with E-state index in [1.807, 2.05) is 18.2 Å². The van der Waals surface area contributed by atoms with E-state index in [0.29, 0.717) is 23.0 Å². The number of hydrogen-bond donors (Lipinski definition) is 2. The number of anilines is 1. The van der Waals surface area contributed by atoms with Crippen LogP contribution in [0.1, 0.15) is 24.3 Å². The van der Waals surface area contributed by atoms with Crippen LogP contribution in [0.3, 0.4) is 0 Å². The van der Waals surface area contributed by atoms with Crippen molar-refractivity contribution in [1.82, 2.24) is 10.2 Å². The van der Waals surface area contributed by atoms with Crippen molar-refractivity contribution in [2.45, 2.75) is 18.8 Å². The zero-order valence-electron chi connectivity index (χ0n) is 11.1. The smallest absolute Gasteiger partial charge is 0.149 e. The SMILES string of the molecule is Nc1nnc(-c2ccccc2O)cc1C1CCOCC1. The van der Waals surface area contributed by atoms with Crippen molar-refractivity contribution in [3.8, 4) is 17.0 Å². The first-order valence-electron chi connectivity index (χ1n) is 6.75. The number of nitrogens with zero attached hydrogens (tertiary/aromatic N) is 2. The Hall–Kier alpha value is -2.14. The summed E-state index contributed by atoms with van der Waals surface area (Å²) < 4.78 is 5.38. The molecule has 0 atom stereocenters. The first-order valence-corrected chi connectivity index (χ1v) is 6.75. The van der Waals surface area contributed by atoms with Gasteiger partial charge in [-0.05, 0) is 37.0 Å². The normalized spacial score (nSPS) is 16.2. The average Bonchev–Trinajstić information content (AvgIpc) is 2.49. The van der Waals surface area contributed by atoms with E-state index in [9.17, 15) is 5.11 Å². The molecule has 3 rings (SSSR count). The summed E-state index contributed by atoms with van der Waals surface area (Å²) in [6, 6.07) is 9.04. The van der Waals surface area contributed by atoms with Gasteiger partial charge >= 0.3 is 0 Å². The summed E-state index contributed by atoms with van der Waals surface area (Å²) in [5, 5.41) is 18.1. The number of nitrogen functional groups attached to an aromatic ring is 1. The van der Waals surface area contributed by atoms with Gasteiger partial charge in [-0.1, -0.05) is 12.1 Å². The molecule has 104 valence electrons. The van der Waals surface area contributed by atoms with Crippen LogP contribution in [0.2, 0.25) is 0 Å². The lowest BCUT2D eigenvalue weighted by atomic mass is 9.91. The quantitative estimate of drug-likeness (QED) is 0.876. The molecule has 0 unspecified atom stereocenters. The predicted octanol–water partition coefficient (Wildman–Crippen LogP) is 2.33. The summed E-state index contributed by atoms with van der Waals surface area (Å²) >= 11 is 0. The van der Waals surface area contributed by atoms with Crippen LogP contribution in [0.25, 0.3) is 11.3 Å². The molecule has 0 saturated carbocycles. The van der Waals surface area contributed by atoms with Gasteiger partial charge in [0.15, 0.2) is 0 Å². The van der Waals surface area contributed by atoms with Crippen LogP contribution in [0.4, 0.5) is 5.82 Å². The van der Waals surface area contributed by atoms with E-state index in [2.05, 4.69) is 10.2 Å². The Morgan fingerprint density at radius 3 is 2.65 bits per heavy atom. The van der Waals surface area contributed by atoms with Gasteiger partial charge in [0.1, 0.15) is 11.6 Å². The standard InChI is InChI=1S/C15H17N3O2/c16-15-12(10-5-7-20-8-6-10)9-13(17-18-15)11-3-1-2-4-14(11)19/h1-4,9-10,19H,5-8H2,(H2,16,18). The fourth-order valence-electron chi connectivity index (χ4n) is 2.57. The highest BCUT2D eigenvalue weighted by Gasteiger charge is 2.20. The molecule has 1 aliphatic rings. The van der Waals surface area contributed by atoms with Gasteiger partial charge in [-0.2, -0.15) is 0 Å². The van der Waals surface area contributed by atoms with E-state index in [0.717, 1.165) is 31.6 Å². The van der Waals surface area contributed by atoms with Crippen molar-refractivity contribution in [2.75, 3.05) is 18.9 Å². The summed E-state index contributed by atoms with van der Waals surface area (Å²) in [6.45, 7) is 1.50. The summed E-state index contributed by atoms with van der Waals surface area (Å²) in [6.07, 6.45) is 1.88. The second-order valence-electron chi connectivity index (χ2n) is 4.97. The van der Waals surface area contributed by atoms with Crippen LogP contribution >= 0.6 is 0 Å². The molecule has 1 aromatic carbocycles. The molecule has 0 amide bonds. The summed E-state index contributed by atoms with van der Waals surface area (Å²) in [5.74, 6) is 1.02. The van der Waals surface area contributed by atoms with Crippen molar-refractivity contribution >= 4 is 5.82 Å². The van der Waals surface area contributed by atoms with Crippen LogP contribution in [0.15, 0.2) is 30.3 Å². The summed E-state index contributed by atoms with van der Waals surface area (Å²) in [4.78, 5) is 0. The highest BCUT2D eigenvalue weighted by molar-refractivity contribution is 5.67. The molecular weight excluding hydrogens is 254 g/mol. The second kappa shape index (κ2) is 5.46. The zero-order chi connectivity index (χ0) is 13.9. The van der Waals surface area contributed by atoms with E-state index in [4.69, 9.17) is 10.5 Å². The molecule has 1 fully saturated rings. The summed E-state index contributed by atoms with van der Waals surface area (Å²) in [7, 11) is 0. The number of aromatic hydroxyl groups is 1. The Morgan fingerprint density at radius 2 is 1.90 bits per heavy atom. The Bertz CT molecular complexity index is 610. The largest absolute Gasteiger partial charge is 0.507 e. The Balaban J connectivity index is 2.00. The second-order valence-corrected chi connectivity index (χ2v) is 4.97. The maximum Gasteiger partial charge on any atom is 0.149 e. The minimum Gasteiger partial charge on any atom is -0.507 e. The minimum absolute atomic E-state index is 0.199. The molecular formula is C15H17N3O2. The van der Waals surface area contributed by atoms with E-state index >= 15 is 0 Å².